The molecule has 0 aliphatic rings. The van der Waals surface area contributed by atoms with Crippen molar-refractivity contribution in [3.8, 4) is 94.8 Å². The van der Waals surface area contributed by atoms with Crippen molar-refractivity contribution in [1.82, 2.24) is 0 Å². The molecule has 64 heavy (non-hydrogen) atoms. The Balaban J connectivity index is 1.24. The molecule has 0 atom stereocenters. The summed E-state index contributed by atoms with van der Waals surface area (Å²) in [6.45, 7) is 2.15. The van der Waals surface area contributed by atoms with Gasteiger partial charge in [0.25, 0.3) is 0 Å². The molecule has 1 N–H and O–H groups in total. The van der Waals surface area contributed by atoms with E-state index in [-0.39, 0.29) is 5.75 Å². The van der Waals surface area contributed by atoms with Gasteiger partial charge in [0.2, 0.25) is 0 Å². The van der Waals surface area contributed by atoms with Crippen LogP contribution in [0.3, 0.4) is 0 Å². The van der Waals surface area contributed by atoms with Crippen molar-refractivity contribution in [2.75, 3.05) is 0 Å². The molecule has 302 valence electrons. The number of aromatic hydroxyl groups is 1. The average molecular weight is 817 g/mol. The standard InChI is InChI=1S/C63H44O/c1-42-30-32-47(33-31-42)60-56(43-18-6-2-7-19-43)38-49(39-57(60)44-20-8-3-9-21-44)62-52-26-14-16-28-54(52)63(55-29-17-15-27-53(55)62)50-40-58(45-22-10-4-11-23-45)61(48-34-36-51(64)37-35-48)59(41-50)46-24-12-5-13-25-46/h2-41,64H,1H3. The average Bonchev–Trinajstić information content (AvgIpc) is 3.36. The first-order valence-corrected chi connectivity index (χ1v) is 22.0. The van der Waals surface area contributed by atoms with Crippen LogP contribution in [0.5, 0.6) is 5.75 Å². The van der Waals surface area contributed by atoms with Crippen LogP contribution in [-0.4, -0.2) is 5.11 Å². The molecule has 11 aromatic rings. The quantitative estimate of drug-likeness (QED) is 0.152. The van der Waals surface area contributed by atoms with Crippen molar-refractivity contribution in [1.29, 1.82) is 0 Å². The normalized spacial score (nSPS) is 11.3. The predicted molar refractivity (Wildman–Crippen MR) is 271 cm³/mol. The first-order valence-electron chi connectivity index (χ1n) is 22.0. The van der Waals surface area contributed by atoms with Crippen LogP contribution < -0.4 is 0 Å². The molecule has 0 bridgehead atoms. The summed E-state index contributed by atoms with van der Waals surface area (Å²) in [5.74, 6) is 0.248. The Morgan fingerprint density at radius 3 is 0.797 bits per heavy atom. The number of aryl methyl sites for hydroxylation is 1. The van der Waals surface area contributed by atoms with Gasteiger partial charge in [0, 0.05) is 0 Å². The van der Waals surface area contributed by atoms with Gasteiger partial charge in [-0.2, -0.15) is 0 Å². The molecule has 0 heterocycles. The molecule has 1 heteroatoms. The predicted octanol–water partition coefficient (Wildman–Crippen LogP) is 17.3. The molecule has 0 radical (unpaired) electrons. The molecule has 11 rings (SSSR count). The molecular formula is C63H44O. The summed E-state index contributed by atoms with van der Waals surface area (Å²) in [6, 6.07) is 87.3. The number of phenols is 1. The van der Waals surface area contributed by atoms with E-state index in [0.717, 1.165) is 38.9 Å². The zero-order valence-corrected chi connectivity index (χ0v) is 35.5. The first kappa shape index (κ1) is 38.6. The van der Waals surface area contributed by atoms with E-state index in [1.165, 1.54) is 77.2 Å². The SMILES string of the molecule is Cc1ccc(-c2c(-c3ccccc3)cc(-c3c4ccccc4c(-c4cc(-c5ccccc5)c(-c5ccc(O)cc5)c(-c5ccccc5)c4)c4ccccc34)cc2-c2ccccc2)cc1. The molecule has 1 nitrogen and oxygen atoms in total. The van der Waals surface area contributed by atoms with Gasteiger partial charge >= 0.3 is 0 Å². The van der Waals surface area contributed by atoms with E-state index in [0.29, 0.717) is 0 Å². The molecule has 11 aromatic carbocycles. The fourth-order valence-electron chi connectivity index (χ4n) is 9.68. The van der Waals surface area contributed by atoms with Crippen molar-refractivity contribution >= 4 is 21.5 Å². The van der Waals surface area contributed by atoms with Crippen molar-refractivity contribution in [3.05, 3.63) is 248 Å². The lowest BCUT2D eigenvalue weighted by Crippen LogP contribution is -1.96. The van der Waals surface area contributed by atoms with E-state index >= 15 is 0 Å². The van der Waals surface area contributed by atoms with E-state index in [2.05, 4.69) is 225 Å². The van der Waals surface area contributed by atoms with Gasteiger partial charge in [0.1, 0.15) is 5.75 Å². The minimum atomic E-state index is 0.248. The molecule has 0 spiro atoms. The highest BCUT2D eigenvalue weighted by molar-refractivity contribution is 6.22. The summed E-state index contributed by atoms with van der Waals surface area (Å²) in [6.07, 6.45) is 0. The Morgan fingerprint density at radius 2 is 0.500 bits per heavy atom. The number of phenolic OH excluding ortho intramolecular Hbond substituents is 1. The van der Waals surface area contributed by atoms with E-state index in [1.54, 1.807) is 12.1 Å². The Kier molecular flexibility index (Phi) is 9.99. The summed E-state index contributed by atoms with van der Waals surface area (Å²) in [7, 11) is 0. The van der Waals surface area contributed by atoms with E-state index in [1.807, 2.05) is 12.1 Å². The third-order valence-corrected chi connectivity index (χ3v) is 12.6. The second-order valence-electron chi connectivity index (χ2n) is 16.6. The van der Waals surface area contributed by atoms with E-state index in [4.69, 9.17) is 0 Å². The highest BCUT2D eigenvalue weighted by Crippen LogP contribution is 2.50. The molecule has 0 unspecified atom stereocenters. The van der Waals surface area contributed by atoms with Crippen LogP contribution in [0, 0.1) is 6.92 Å². The van der Waals surface area contributed by atoms with Crippen LogP contribution in [0.15, 0.2) is 243 Å². The Morgan fingerprint density at radius 1 is 0.234 bits per heavy atom. The highest BCUT2D eigenvalue weighted by atomic mass is 16.3. The molecule has 0 aliphatic carbocycles. The minimum absolute atomic E-state index is 0.248. The molecular weight excluding hydrogens is 773 g/mol. The fourth-order valence-corrected chi connectivity index (χ4v) is 9.68. The Hall–Kier alpha value is -8.26. The van der Waals surface area contributed by atoms with Crippen LogP contribution in [0.25, 0.3) is 111 Å². The van der Waals surface area contributed by atoms with Crippen LogP contribution in [-0.2, 0) is 0 Å². The van der Waals surface area contributed by atoms with Gasteiger partial charge in [-0.15, -0.1) is 0 Å². The van der Waals surface area contributed by atoms with Crippen molar-refractivity contribution in [2.45, 2.75) is 6.92 Å². The lowest BCUT2D eigenvalue weighted by atomic mass is 9.80. The molecule has 0 aliphatic heterocycles. The number of fused-ring (bicyclic) bond motifs is 2. The third-order valence-electron chi connectivity index (χ3n) is 12.6. The summed E-state index contributed by atoms with van der Waals surface area (Å²) < 4.78 is 0. The van der Waals surface area contributed by atoms with Crippen LogP contribution in [0.1, 0.15) is 5.56 Å². The van der Waals surface area contributed by atoms with Gasteiger partial charge in [-0.05, 0) is 154 Å². The largest absolute Gasteiger partial charge is 0.508 e. The van der Waals surface area contributed by atoms with E-state index < -0.39 is 0 Å². The lowest BCUT2D eigenvalue weighted by molar-refractivity contribution is 0.475. The summed E-state index contributed by atoms with van der Waals surface area (Å²) in [5.41, 5.74) is 19.8. The maximum Gasteiger partial charge on any atom is 0.115 e. The van der Waals surface area contributed by atoms with Crippen LogP contribution in [0.2, 0.25) is 0 Å². The van der Waals surface area contributed by atoms with Crippen molar-refractivity contribution in [3.63, 3.8) is 0 Å². The fraction of sp³-hybridized carbons (Fsp3) is 0.0159. The second-order valence-corrected chi connectivity index (χ2v) is 16.6. The van der Waals surface area contributed by atoms with Gasteiger partial charge < -0.3 is 5.11 Å². The zero-order chi connectivity index (χ0) is 43.0. The van der Waals surface area contributed by atoms with Crippen LogP contribution in [0.4, 0.5) is 0 Å². The Labute approximate surface area is 374 Å². The number of benzene rings is 11. The number of hydrogen-bond donors (Lipinski definition) is 1. The molecule has 0 saturated heterocycles. The maximum absolute atomic E-state index is 10.4. The summed E-state index contributed by atoms with van der Waals surface area (Å²) in [4.78, 5) is 0. The minimum Gasteiger partial charge on any atom is -0.508 e. The number of rotatable bonds is 8. The van der Waals surface area contributed by atoms with Gasteiger partial charge in [0.05, 0.1) is 0 Å². The van der Waals surface area contributed by atoms with Gasteiger partial charge in [-0.25, -0.2) is 0 Å². The lowest BCUT2D eigenvalue weighted by Gasteiger charge is -2.23. The van der Waals surface area contributed by atoms with Gasteiger partial charge in [0.15, 0.2) is 0 Å². The second kappa shape index (κ2) is 16.5. The first-order chi connectivity index (χ1) is 31.6. The molecule has 0 saturated carbocycles. The molecule has 0 fully saturated rings. The molecule has 0 amide bonds. The van der Waals surface area contributed by atoms with Crippen LogP contribution >= 0.6 is 0 Å². The molecule has 0 aromatic heterocycles. The zero-order valence-electron chi connectivity index (χ0n) is 35.5. The van der Waals surface area contributed by atoms with E-state index in [9.17, 15) is 5.11 Å². The third kappa shape index (κ3) is 7.04. The number of hydrogen-bond acceptors (Lipinski definition) is 1. The summed E-state index contributed by atoms with van der Waals surface area (Å²) in [5, 5.41) is 15.2. The van der Waals surface area contributed by atoms with Crippen molar-refractivity contribution in [2.24, 2.45) is 0 Å². The van der Waals surface area contributed by atoms with Gasteiger partial charge in [-0.1, -0.05) is 212 Å². The maximum atomic E-state index is 10.4. The van der Waals surface area contributed by atoms with Crippen molar-refractivity contribution < 1.29 is 5.11 Å². The monoisotopic (exact) mass is 816 g/mol. The summed E-state index contributed by atoms with van der Waals surface area (Å²) >= 11 is 0. The topological polar surface area (TPSA) is 20.2 Å². The smallest absolute Gasteiger partial charge is 0.115 e. The Bertz CT molecular complexity index is 3030. The highest BCUT2D eigenvalue weighted by Gasteiger charge is 2.24. The van der Waals surface area contributed by atoms with Gasteiger partial charge in [-0.3, -0.25) is 0 Å².